The number of nitrogens with zero attached hydrogens (tertiary/aromatic N) is 6. The van der Waals surface area contributed by atoms with E-state index in [9.17, 15) is 15.2 Å². The molecule has 9 heteroatoms. The van der Waals surface area contributed by atoms with Crippen molar-refractivity contribution in [3.8, 4) is 6.07 Å². The molecule has 1 N–H and O–H groups in total. The zero-order valence-electron chi connectivity index (χ0n) is 19.3. The largest absolute Gasteiger partial charge is 0.390 e. The fraction of sp³-hybridized carbons (Fsp3) is 0.440. The molecule has 4 heterocycles. The molecule has 0 saturated carbocycles. The molecule has 3 atom stereocenters. The highest BCUT2D eigenvalue weighted by molar-refractivity contribution is 6.33. The molecule has 3 unspecified atom stereocenters. The van der Waals surface area contributed by atoms with E-state index < -0.39 is 12.0 Å². The second kappa shape index (κ2) is 8.90. The molecule has 0 aliphatic carbocycles. The van der Waals surface area contributed by atoms with Gasteiger partial charge >= 0.3 is 0 Å². The summed E-state index contributed by atoms with van der Waals surface area (Å²) in [5.41, 5.74) is 3.92. The Bertz CT molecular complexity index is 1300. The van der Waals surface area contributed by atoms with Crippen LogP contribution in [0.1, 0.15) is 52.5 Å². The molecule has 3 aromatic rings. The van der Waals surface area contributed by atoms with E-state index in [1.807, 2.05) is 48.0 Å². The van der Waals surface area contributed by atoms with Gasteiger partial charge in [-0.2, -0.15) is 10.4 Å². The van der Waals surface area contributed by atoms with Crippen LogP contribution in [0.5, 0.6) is 0 Å². The monoisotopic (exact) mass is 478 g/mol. The SMILES string of the molecule is Cc1ccc(C(=O)N2CCCCC2c2cc3nc(N4CC(O)C(C#N)C4)c(C)cn3n2)c(Cl)c1. The molecule has 34 heavy (non-hydrogen) atoms. The number of aryl methyl sites for hydroxylation is 2. The molecule has 1 aromatic carbocycles. The average Bonchev–Trinajstić information content (AvgIpc) is 3.40. The number of amides is 1. The lowest BCUT2D eigenvalue weighted by Crippen LogP contribution is -2.38. The summed E-state index contributed by atoms with van der Waals surface area (Å²) < 4.78 is 1.75. The molecule has 2 aliphatic rings. The van der Waals surface area contributed by atoms with Crippen LogP contribution < -0.4 is 4.90 Å². The fourth-order valence-corrected chi connectivity index (χ4v) is 5.34. The quantitative estimate of drug-likeness (QED) is 0.616. The summed E-state index contributed by atoms with van der Waals surface area (Å²) in [6.45, 7) is 5.38. The van der Waals surface area contributed by atoms with E-state index in [1.165, 1.54) is 0 Å². The standard InChI is InChI=1S/C25H27ClN6O2/c1-15-6-7-18(19(26)9-15)25(34)31-8-4-3-5-21(31)20-10-23-28-24(16(2)12-32(23)29-20)30-13-17(11-27)22(33)14-30/h6-7,9-10,12,17,21-22,33H,3-5,8,13-14H2,1-2H3. The Balaban J connectivity index is 1.46. The maximum absolute atomic E-state index is 13.4. The summed E-state index contributed by atoms with van der Waals surface area (Å²) >= 11 is 6.41. The van der Waals surface area contributed by atoms with Gasteiger partial charge in [0.2, 0.25) is 0 Å². The summed E-state index contributed by atoms with van der Waals surface area (Å²) in [6, 6.07) is 9.47. The lowest BCUT2D eigenvalue weighted by molar-refractivity contribution is 0.0606. The molecular formula is C25H27ClN6O2. The summed E-state index contributed by atoms with van der Waals surface area (Å²) in [4.78, 5) is 22.1. The van der Waals surface area contributed by atoms with E-state index in [2.05, 4.69) is 6.07 Å². The highest BCUT2D eigenvalue weighted by atomic mass is 35.5. The van der Waals surface area contributed by atoms with E-state index >= 15 is 0 Å². The van der Waals surface area contributed by atoms with Gasteiger partial charge in [0.05, 0.1) is 40.4 Å². The second-order valence-corrected chi connectivity index (χ2v) is 9.73. The van der Waals surface area contributed by atoms with E-state index in [1.54, 1.807) is 10.6 Å². The highest BCUT2D eigenvalue weighted by Gasteiger charge is 2.34. The Labute approximate surface area is 203 Å². The Morgan fingerprint density at radius 1 is 1.24 bits per heavy atom. The first kappa shape index (κ1) is 22.6. The molecule has 8 nitrogen and oxygen atoms in total. The Hall–Kier alpha value is -3.15. The first-order valence-electron chi connectivity index (χ1n) is 11.6. The van der Waals surface area contributed by atoms with Crippen molar-refractivity contribution < 1.29 is 9.90 Å². The smallest absolute Gasteiger partial charge is 0.255 e. The van der Waals surface area contributed by atoms with Crippen molar-refractivity contribution in [2.24, 2.45) is 5.92 Å². The van der Waals surface area contributed by atoms with Gasteiger partial charge < -0.3 is 14.9 Å². The molecular weight excluding hydrogens is 452 g/mol. The first-order valence-corrected chi connectivity index (χ1v) is 12.0. The zero-order chi connectivity index (χ0) is 24.0. The van der Waals surface area contributed by atoms with Gasteiger partial charge in [-0.25, -0.2) is 9.50 Å². The minimum Gasteiger partial charge on any atom is -0.390 e. The molecule has 2 aliphatic heterocycles. The number of carbonyl (C=O) groups excluding carboxylic acids is 1. The molecule has 1 amide bonds. The minimum atomic E-state index is -0.682. The van der Waals surface area contributed by atoms with Crippen LogP contribution in [0.4, 0.5) is 5.82 Å². The lowest BCUT2D eigenvalue weighted by atomic mass is 9.98. The van der Waals surface area contributed by atoms with Crippen molar-refractivity contribution in [1.29, 1.82) is 5.26 Å². The highest BCUT2D eigenvalue weighted by Crippen LogP contribution is 2.34. The third-order valence-electron chi connectivity index (χ3n) is 6.84. The number of aliphatic hydroxyl groups excluding tert-OH is 1. The van der Waals surface area contributed by atoms with Crippen LogP contribution in [0.25, 0.3) is 5.65 Å². The summed E-state index contributed by atoms with van der Waals surface area (Å²) in [5, 5.41) is 24.7. The molecule has 2 aromatic heterocycles. The number of hydrogen-bond acceptors (Lipinski definition) is 6. The fourth-order valence-electron chi connectivity index (χ4n) is 5.02. The van der Waals surface area contributed by atoms with Gasteiger partial charge in [-0.1, -0.05) is 17.7 Å². The summed E-state index contributed by atoms with van der Waals surface area (Å²) in [6.07, 6.45) is 4.02. The van der Waals surface area contributed by atoms with Gasteiger partial charge in [0.15, 0.2) is 5.65 Å². The van der Waals surface area contributed by atoms with E-state index in [0.29, 0.717) is 35.9 Å². The molecule has 5 rings (SSSR count). The maximum Gasteiger partial charge on any atom is 0.255 e. The zero-order valence-corrected chi connectivity index (χ0v) is 20.0. The topological polar surface area (TPSA) is 97.8 Å². The number of nitriles is 1. The number of rotatable bonds is 3. The molecule has 0 bridgehead atoms. The average molecular weight is 479 g/mol. The first-order chi connectivity index (χ1) is 16.4. The number of piperidine rings is 1. The van der Waals surface area contributed by atoms with Crippen molar-refractivity contribution in [3.63, 3.8) is 0 Å². The number of likely N-dealkylation sites (tertiary alicyclic amines) is 1. The minimum absolute atomic E-state index is 0.0785. The number of aliphatic hydroxyl groups is 1. The van der Waals surface area contributed by atoms with Crippen LogP contribution in [0.2, 0.25) is 5.02 Å². The van der Waals surface area contributed by atoms with Crippen molar-refractivity contribution in [2.45, 2.75) is 45.3 Å². The Kier molecular flexibility index (Phi) is 5.92. The molecule has 2 fully saturated rings. The van der Waals surface area contributed by atoms with Gasteiger partial charge in [0.1, 0.15) is 5.82 Å². The van der Waals surface area contributed by atoms with Crippen LogP contribution in [-0.4, -0.2) is 56.2 Å². The number of β-amino-alcohol motifs (C(OH)–C–C–N with tert-alkyl or cyclic N) is 1. The maximum atomic E-state index is 13.4. The van der Waals surface area contributed by atoms with Gasteiger partial charge in [0.25, 0.3) is 5.91 Å². The van der Waals surface area contributed by atoms with Crippen molar-refractivity contribution >= 4 is 29.0 Å². The number of fused-ring (bicyclic) bond motifs is 1. The van der Waals surface area contributed by atoms with Crippen LogP contribution in [0.3, 0.4) is 0 Å². The third-order valence-corrected chi connectivity index (χ3v) is 7.15. The molecule has 0 radical (unpaired) electrons. The summed E-state index contributed by atoms with van der Waals surface area (Å²) in [5.74, 6) is 0.247. The van der Waals surface area contributed by atoms with E-state index in [0.717, 1.165) is 41.9 Å². The molecule has 176 valence electrons. The molecule has 2 saturated heterocycles. The van der Waals surface area contributed by atoms with Gasteiger partial charge in [0, 0.05) is 37.5 Å². The normalized spacial score (nSPS) is 22.9. The van der Waals surface area contributed by atoms with Crippen molar-refractivity contribution in [3.05, 3.63) is 57.9 Å². The number of aromatic nitrogens is 3. The second-order valence-electron chi connectivity index (χ2n) is 9.32. The number of anilines is 1. The number of halogens is 1. The van der Waals surface area contributed by atoms with Crippen LogP contribution in [0, 0.1) is 31.1 Å². The molecule has 0 spiro atoms. The van der Waals surface area contributed by atoms with E-state index in [4.69, 9.17) is 21.7 Å². The van der Waals surface area contributed by atoms with Crippen molar-refractivity contribution in [1.82, 2.24) is 19.5 Å². The van der Waals surface area contributed by atoms with Gasteiger partial charge in [-0.3, -0.25) is 4.79 Å². The van der Waals surface area contributed by atoms with Crippen LogP contribution in [0.15, 0.2) is 30.5 Å². The predicted octanol–water partition coefficient (Wildman–Crippen LogP) is 3.69. The third kappa shape index (κ3) is 3.99. The van der Waals surface area contributed by atoms with E-state index in [-0.39, 0.29) is 11.9 Å². The van der Waals surface area contributed by atoms with Gasteiger partial charge in [-0.05, 0) is 50.8 Å². The predicted molar refractivity (Wildman–Crippen MR) is 129 cm³/mol. The van der Waals surface area contributed by atoms with Crippen LogP contribution in [-0.2, 0) is 0 Å². The number of carbonyl (C=O) groups is 1. The van der Waals surface area contributed by atoms with Crippen molar-refractivity contribution in [2.75, 3.05) is 24.5 Å². The lowest BCUT2D eigenvalue weighted by Gasteiger charge is -2.35. The summed E-state index contributed by atoms with van der Waals surface area (Å²) in [7, 11) is 0. The number of hydrogen-bond donors (Lipinski definition) is 1. The number of benzene rings is 1. The Morgan fingerprint density at radius 3 is 2.79 bits per heavy atom. The van der Waals surface area contributed by atoms with Crippen LogP contribution >= 0.6 is 11.6 Å². The van der Waals surface area contributed by atoms with Gasteiger partial charge in [-0.15, -0.1) is 0 Å². The Morgan fingerprint density at radius 2 is 2.06 bits per heavy atom.